The van der Waals surface area contributed by atoms with Crippen LogP contribution in [0.15, 0.2) is 72.8 Å². The predicted octanol–water partition coefficient (Wildman–Crippen LogP) is 5.00. The first-order valence-electron chi connectivity index (χ1n) is 11.0. The number of hydrogen-bond acceptors (Lipinski definition) is 3. The molecule has 0 aromatic heterocycles. The second-order valence-electron chi connectivity index (χ2n) is 8.19. The van der Waals surface area contributed by atoms with Crippen LogP contribution in [0.2, 0.25) is 5.32 Å². The number of amides is 1. The van der Waals surface area contributed by atoms with Crippen LogP contribution in [0.3, 0.4) is 0 Å². The van der Waals surface area contributed by atoms with E-state index in [4.69, 9.17) is 4.74 Å². The molecule has 0 spiro atoms. The molecule has 3 aromatic rings. The summed E-state index contributed by atoms with van der Waals surface area (Å²) >= 11 is 0.270. The Kier molecular flexibility index (Phi) is 7.48. The van der Waals surface area contributed by atoms with Crippen molar-refractivity contribution in [1.82, 2.24) is 5.32 Å². The summed E-state index contributed by atoms with van der Waals surface area (Å²) < 4.78 is 5.50. The maximum atomic E-state index is 12.4. The Morgan fingerprint density at radius 1 is 0.970 bits per heavy atom. The van der Waals surface area contributed by atoms with Gasteiger partial charge in [-0.25, -0.2) is 0 Å². The molecule has 3 aromatic carbocycles. The molecule has 0 saturated carbocycles. The Hall–Kier alpha value is -3.08. The summed E-state index contributed by atoms with van der Waals surface area (Å²) in [5.41, 5.74) is 7.05. The summed E-state index contributed by atoms with van der Waals surface area (Å²) in [5, 5.41) is 13.8. The number of nitrogens with one attached hydrogen (secondary N) is 1. The van der Waals surface area contributed by atoms with Crippen LogP contribution in [0.25, 0.3) is 11.1 Å². The van der Waals surface area contributed by atoms with Gasteiger partial charge in [-0.1, -0.05) is 0 Å². The molecule has 2 N–H and O–H groups in total. The van der Waals surface area contributed by atoms with Crippen LogP contribution < -0.4 is 5.32 Å². The third kappa shape index (κ3) is 5.65. The second kappa shape index (κ2) is 10.7. The number of alkyl carbamates (subject to hydrolysis) is 1. The summed E-state index contributed by atoms with van der Waals surface area (Å²) in [5.74, 6) is -1.08. The third-order valence-corrected chi connectivity index (χ3v) is 8.10. The molecule has 1 atom stereocenters. The average molecular weight is 508 g/mol. The molecule has 0 unspecified atom stereocenters. The monoisotopic (exact) mass is 509 g/mol. The SMILES string of the molecule is Cc1ccc(C[Se]CC[C@@H](NC(=O)OCC2c3ccccc3-c3ccccc32)C(=O)O)cc1. The molecule has 6 heteroatoms. The normalized spacial score (nSPS) is 13.1. The van der Waals surface area contributed by atoms with Crippen LogP contribution in [0, 0.1) is 6.92 Å². The number of carbonyl (C=O) groups excluding carboxylic acids is 1. The van der Waals surface area contributed by atoms with Crippen molar-refractivity contribution in [3.05, 3.63) is 95.1 Å². The van der Waals surface area contributed by atoms with Crippen molar-refractivity contribution in [3.8, 4) is 11.1 Å². The number of fused-ring (bicyclic) bond motifs is 3. The molecule has 0 saturated heterocycles. The molecule has 0 radical (unpaired) electrons. The van der Waals surface area contributed by atoms with Gasteiger partial charge in [-0.15, -0.1) is 0 Å². The number of carboxylic acids is 1. The topological polar surface area (TPSA) is 75.6 Å². The number of benzene rings is 3. The van der Waals surface area contributed by atoms with E-state index in [0.29, 0.717) is 6.42 Å². The van der Waals surface area contributed by atoms with Crippen molar-refractivity contribution in [1.29, 1.82) is 0 Å². The van der Waals surface area contributed by atoms with E-state index in [1.165, 1.54) is 11.1 Å². The van der Waals surface area contributed by atoms with Crippen molar-refractivity contribution in [2.75, 3.05) is 6.61 Å². The Morgan fingerprint density at radius 3 is 2.18 bits per heavy atom. The molecule has 0 aliphatic heterocycles. The van der Waals surface area contributed by atoms with E-state index >= 15 is 0 Å². The molecule has 1 aliphatic carbocycles. The minimum atomic E-state index is -1.03. The first-order valence-corrected chi connectivity index (χ1v) is 13.4. The van der Waals surface area contributed by atoms with Gasteiger partial charge in [0.15, 0.2) is 0 Å². The summed E-state index contributed by atoms with van der Waals surface area (Å²) in [6.45, 7) is 2.23. The molecule has 0 heterocycles. The van der Waals surface area contributed by atoms with Crippen molar-refractivity contribution in [2.24, 2.45) is 0 Å². The van der Waals surface area contributed by atoms with Gasteiger partial charge in [-0.2, -0.15) is 0 Å². The van der Waals surface area contributed by atoms with Crippen LogP contribution in [-0.4, -0.2) is 44.8 Å². The molecule has 0 bridgehead atoms. The Balaban J connectivity index is 1.29. The molecule has 1 aliphatic rings. The predicted molar refractivity (Wildman–Crippen MR) is 130 cm³/mol. The van der Waals surface area contributed by atoms with E-state index < -0.39 is 18.1 Å². The fraction of sp³-hybridized carbons (Fsp3) is 0.259. The number of ether oxygens (including phenoxy) is 1. The quantitative estimate of drug-likeness (QED) is 0.315. The van der Waals surface area contributed by atoms with Crippen molar-refractivity contribution in [3.63, 3.8) is 0 Å². The van der Waals surface area contributed by atoms with Crippen LogP contribution in [0.1, 0.15) is 34.6 Å². The Morgan fingerprint density at radius 2 is 1.58 bits per heavy atom. The van der Waals surface area contributed by atoms with E-state index in [2.05, 4.69) is 60.8 Å². The van der Waals surface area contributed by atoms with E-state index in [1.54, 1.807) is 0 Å². The number of aliphatic carboxylic acids is 1. The zero-order valence-electron chi connectivity index (χ0n) is 18.5. The maximum absolute atomic E-state index is 12.4. The van der Waals surface area contributed by atoms with E-state index in [1.807, 2.05) is 24.3 Å². The van der Waals surface area contributed by atoms with Gasteiger partial charge in [0, 0.05) is 0 Å². The Labute approximate surface area is 200 Å². The van der Waals surface area contributed by atoms with Gasteiger partial charge in [-0.05, 0) is 0 Å². The standard InChI is InChI=1S/C27H27NO4Se/c1-18-10-12-19(13-11-18)17-33-15-14-25(26(29)30)28-27(31)32-16-24-22-8-4-2-6-20(22)21-7-3-5-9-23(21)24/h2-13,24-25H,14-17H2,1H3,(H,28,31)(H,29,30)/t25-/m1/s1. The zero-order valence-corrected chi connectivity index (χ0v) is 20.2. The number of carbonyl (C=O) groups is 2. The van der Waals surface area contributed by atoms with Gasteiger partial charge in [0.25, 0.3) is 0 Å². The minimum absolute atomic E-state index is 0.0516. The summed E-state index contributed by atoms with van der Waals surface area (Å²) in [7, 11) is 0. The molecule has 170 valence electrons. The number of hydrogen-bond donors (Lipinski definition) is 2. The average Bonchev–Trinajstić information content (AvgIpc) is 3.14. The van der Waals surface area contributed by atoms with Crippen molar-refractivity contribution >= 4 is 27.0 Å². The van der Waals surface area contributed by atoms with Crippen molar-refractivity contribution in [2.45, 2.75) is 35.9 Å². The van der Waals surface area contributed by atoms with E-state index in [-0.39, 0.29) is 27.5 Å². The summed E-state index contributed by atoms with van der Waals surface area (Å²) in [4.78, 5) is 24.1. The van der Waals surface area contributed by atoms with E-state index in [9.17, 15) is 14.7 Å². The van der Waals surface area contributed by atoms with E-state index in [0.717, 1.165) is 32.9 Å². The van der Waals surface area contributed by atoms with Gasteiger partial charge >= 0.3 is 200 Å². The molecular weight excluding hydrogens is 481 g/mol. The number of rotatable bonds is 9. The van der Waals surface area contributed by atoms with Gasteiger partial charge < -0.3 is 0 Å². The molecule has 33 heavy (non-hydrogen) atoms. The molecule has 0 fully saturated rings. The molecule has 5 nitrogen and oxygen atoms in total. The van der Waals surface area contributed by atoms with Crippen LogP contribution >= 0.6 is 0 Å². The van der Waals surface area contributed by atoms with Gasteiger partial charge in [0.2, 0.25) is 0 Å². The first-order chi connectivity index (χ1) is 16.0. The summed E-state index contributed by atoms with van der Waals surface area (Å²) in [6, 6.07) is 23.7. The van der Waals surface area contributed by atoms with Crippen LogP contribution in [0.4, 0.5) is 4.79 Å². The Bertz CT molecular complexity index is 1080. The molecule has 4 rings (SSSR count). The van der Waals surface area contributed by atoms with Gasteiger partial charge in [0.05, 0.1) is 0 Å². The van der Waals surface area contributed by atoms with Gasteiger partial charge in [-0.3, -0.25) is 0 Å². The zero-order chi connectivity index (χ0) is 23.2. The van der Waals surface area contributed by atoms with Crippen LogP contribution in [-0.2, 0) is 14.9 Å². The number of aryl methyl sites for hydroxylation is 1. The van der Waals surface area contributed by atoms with Crippen LogP contribution in [0.5, 0.6) is 0 Å². The first kappa shape index (κ1) is 23.1. The molecular formula is C27H27NO4Se. The summed E-state index contributed by atoms with van der Waals surface area (Å²) in [6.07, 6.45) is -0.291. The van der Waals surface area contributed by atoms with Crippen molar-refractivity contribution < 1.29 is 19.4 Å². The third-order valence-electron chi connectivity index (χ3n) is 5.87. The van der Waals surface area contributed by atoms with Gasteiger partial charge in [0.1, 0.15) is 0 Å². The number of carboxylic acid groups (broad SMARTS) is 1. The molecule has 1 amide bonds. The fourth-order valence-electron chi connectivity index (χ4n) is 4.12. The second-order valence-corrected chi connectivity index (χ2v) is 10.5. The fourth-order valence-corrected chi connectivity index (χ4v) is 6.16.